The lowest BCUT2D eigenvalue weighted by Gasteiger charge is -1.87. The lowest BCUT2D eigenvalue weighted by molar-refractivity contribution is -0.516. The van der Waals surface area contributed by atoms with Gasteiger partial charge in [-0.1, -0.05) is 0 Å². The van der Waals surface area contributed by atoms with Crippen LogP contribution in [0.2, 0.25) is 0 Å². The zero-order chi connectivity index (χ0) is 11.4. The number of nitrogens with zero attached hydrogens (tertiary/aromatic N) is 2. The van der Waals surface area contributed by atoms with E-state index in [0.717, 1.165) is 5.69 Å². The van der Waals surface area contributed by atoms with Crippen LogP contribution in [0.15, 0.2) is 11.1 Å². The lowest BCUT2D eigenvalue weighted by atomic mass is 10.4. The molecule has 8 nitrogen and oxygen atoms in total. The molecule has 1 rings (SSSR count). The van der Waals surface area contributed by atoms with E-state index in [1.54, 1.807) is 13.0 Å². The molecule has 1 aromatic rings. The fourth-order valence-electron chi connectivity index (χ4n) is 0.987. The third kappa shape index (κ3) is 6.38. The normalized spacial score (nSPS) is 8.29. The number of halogens is 2. The predicted molar refractivity (Wildman–Crippen MR) is 55.0 cm³/mol. The first-order valence-corrected chi connectivity index (χ1v) is 4.13. The van der Waals surface area contributed by atoms with Gasteiger partial charge in [0.1, 0.15) is 0 Å². The second-order valence-electron chi connectivity index (χ2n) is 2.87. The number of guanidine groups is 2. The van der Waals surface area contributed by atoms with Gasteiger partial charge in [-0.3, -0.25) is 0 Å². The number of rotatable bonds is 2. The Bertz CT molecular complexity index is 386. The monoisotopic (exact) mass is 280 g/mol. The Morgan fingerprint density at radius 2 is 1.88 bits per heavy atom. The second-order valence-corrected chi connectivity index (χ2v) is 2.87. The molecule has 0 aromatic carbocycles. The molecule has 10 N–H and O–H groups in total. The number of hydrogen-bond donors (Lipinski definition) is 5. The lowest BCUT2D eigenvalue weighted by Crippen LogP contribution is -3.00. The minimum Gasteiger partial charge on any atom is -1.00 e. The third-order valence-corrected chi connectivity index (χ3v) is 1.39. The van der Waals surface area contributed by atoms with Gasteiger partial charge in [0.15, 0.2) is 5.69 Å². The molecule has 10 heteroatoms. The fourth-order valence-corrected chi connectivity index (χ4v) is 0.987. The summed E-state index contributed by atoms with van der Waals surface area (Å²) in [6.07, 6.45) is 0. The second kappa shape index (κ2) is 7.47. The van der Waals surface area contributed by atoms with Crippen LogP contribution in [0, 0.1) is 6.92 Å². The van der Waals surface area contributed by atoms with Crippen molar-refractivity contribution >= 4 is 23.7 Å². The maximum Gasteiger partial charge on any atom is 0.492 e. The Kier molecular flexibility index (Phi) is 7.73. The molecule has 1 aromatic heterocycles. The van der Waals surface area contributed by atoms with Gasteiger partial charge >= 0.3 is 17.7 Å². The van der Waals surface area contributed by atoms with Gasteiger partial charge in [0.2, 0.25) is 0 Å². The topological polar surface area (TPSA) is 157 Å². The van der Waals surface area contributed by atoms with Crippen molar-refractivity contribution in [2.24, 2.45) is 27.9 Å². The highest BCUT2D eigenvalue weighted by atomic mass is 35.5. The molecule has 0 unspecified atom stereocenters. The van der Waals surface area contributed by atoms with E-state index in [1.165, 1.54) is 0 Å². The Hall–Kier alpha value is -1.80. The molecular weight excluding hydrogens is 267 g/mol. The molecule has 0 aliphatic carbocycles. The Morgan fingerprint density at radius 1 is 1.29 bits per heavy atom. The van der Waals surface area contributed by atoms with E-state index in [2.05, 4.69) is 20.0 Å². The van der Waals surface area contributed by atoms with Crippen LogP contribution in [0.25, 0.3) is 0 Å². The van der Waals surface area contributed by atoms with Crippen LogP contribution < -0.4 is 57.7 Å². The standard InChI is InChI=1S/C7H12N8.2ClH/c1-3-2-4(13-5(8)9)14-7(12-3)15-6(10)11;;/h2H,1H3,(H8,8,9,10,11,12,13,14,15);2*1H. The number of nitrogens with two attached hydrogens (primary N) is 4. The van der Waals surface area contributed by atoms with E-state index < -0.39 is 0 Å². The quantitative estimate of drug-likeness (QED) is 0.268. The van der Waals surface area contributed by atoms with E-state index >= 15 is 0 Å². The Morgan fingerprint density at radius 3 is 2.35 bits per heavy atom. The van der Waals surface area contributed by atoms with Gasteiger partial charge in [0.05, 0.1) is 6.07 Å². The molecule has 17 heavy (non-hydrogen) atoms. The Balaban J connectivity index is 0. The highest BCUT2D eigenvalue weighted by molar-refractivity contribution is 5.78. The largest absolute Gasteiger partial charge is 1.00 e. The smallest absolute Gasteiger partial charge is 0.492 e. The molecule has 0 fully saturated rings. The Labute approximate surface area is 110 Å². The van der Waals surface area contributed by atoms with E-state index in [9.17, 15) is 0 Å². The van der Waals surface area contributed by atoms with Crippen molar-refractivity contribution in [1.29, 1.82) is 0 Å². The molecule has 0 radical (unpaired) electrons. The summed E-state index contributed by atoms with van der Waals surface area (Å²) in [5.74, 6) is 0.814. The van der Waals surface area contributed by atoms with E-state index in [4.69, 9.17) is 22.9 Å². The summed E-state index contributed by atoms with van der Waals surface area (Å²) in [4.78, 5) is 13.3. The number of aromatic nitrogens is 2. The maximum atomic E-state index is 5.26. The van der Waals surface area contributed by atoms with Crippen molar-refractivity contribution in [1.82, 2.24) is 4.98 Å². The summed E-state index contributed by atoms with van der Waals surface area (Å²) >= 11 is 0. The van der Waals surface area contributed by atoms with Crippen LogP contribution in [0.1, 0.15) is 5.69 Å². The summed E-state index contributed by atoms with van der Waals surface area (Å²) < 4.78 is 0. The van der Waals surface area contributed by atoms with Gasteiger partial charge in [0.25, 0.3) is 5.96 Å². The van der Waals surface area contributed by atoms with E-state index in [-0.39, 0.29) is 36.7 Å². The van der Waals surface area contributed by atoms with Gasteiger partial charge in [0, 0.05) is 6.92 Å². The molecule has 0 saturated carbocycles. The van der Waals surface area contributed by atoms with Gasteiger partial charge in [-0.25, -0.2) is 0 Å². The van der Waals surface area contributed by atoms with Crippen LogP contribution in [0.4, 0.5) is 11.8 Å². The number of hydrogen-bond acceptors (Lipinski definition) is 2. The van der Waals surface area contributed by atoms with Gasteiger partial charge in [-0.2, -0.15) is 9.98 Å². The zero-order valence-corrected chi connectivity index (χ0v) is 10.5. The molecule has 0 aliphatic rings. The molecule has 0 spiro atoms. The molecular formula is C7H14Cl2N8. The number of aliphatic imine (C=N–C) groups is 1. The summed E-state index contributed by atoms with van der Waals surface area (Å²) in [5, 5.41) is 0. The average molecular weight is 281 g/mol. The van der Waals surface area contributed by atoms with Crippen LogP contribution in [0.5, 0.6) is 0 Å². The summed E-state index contributed by atoms with van der Waals surface area (Å²) in [5.41, 5.74) is 21.7. The summed E-state index contributed by atoms with van der Waals surface area (Å²) in [6, 6.07) is 1.68. The van der Waals surface area contributed by atoms with Crippen LogP contribution in [-0.4, -0.2) is 16.9 Å². The summed E-state index contributed by atoms with van der Waals surface area (Å²) in [7, 11) is 0. The zero-order valence-electron chi connectivity index (χ0n) is 9.04. The van der Waals surface area contributed by atoms with E-state index in [1.807, 2.05) is 0 Å². The molecule has 0 aliphatic heterocycles. The van der Waals surface area contributed by atoms with Crippen LogP contribution in [0.3, 0.4) is 0 Å². The predicted octanol–water partition coefficient (Wildman–Crippen LogP) is -9.90. The molecule has 0 amide bonds. The number of aromatic amines is 1. The highest BCUT2D eigenvalue weighted by Crippen LogP contribution is 2.03. The molecule has 0 bridgehead atoms. The van der Waals surface area contributed by atoms with Gasteiger partial charge in [-0.15, -0.1) is 0 Å². The molecule has 1 heterocycles. The van der Waals surface area contributed by atoms with Gasteiger partial charge in [-0.05, 0) is 9.98 Å². The SMILES string of the molecule is Cc1cc(N=C(N)N)[nH+]c([NH+]=C(N)N)n1.[Cl-].[Cl-]. The first-order valence-electron chi connectivity index (χ1n) is 4.13. The molecule has 96 valence electrons. The number of H-pyrrole nitrogens is 1. The van der Waals surface area contributed by atoms with Crippen LogP contribution in [-0.2, 0) is 0 Å². The van der Waals surface area contributed by atoms with Crippen molar-refractivity contribution in [2.45, 2.75) is 6.92 Å². The first-order chi connectivity index (χ1) is 6.97. The van der Waals surface area contributed by atoms with Crippen molar-refractivity contribution in [3.05, 3.63) is 11.8 Å². The average Bonchev–Trinajstić information content (AvgIpc) is 1.98. The molecule has 0 saturated heterocycles. The minimum atomic E-state index is -0.0486. The maximum absolute atomic E-state index is 5.26. The highest BCUT2D eigenvalue weighted by Gasteiger charge is 2.14. The fraction of sp³-hybridized carbons (Fsp3) is 0.143. The molecule has 0 atom stereocenters. The van der Waals surface area contributed by atoms with Crippen molar-refractivity contribution in [3.8, 4) is 0 Å². The van der Waals surface area contributed by atoms with E-state index in [0.29, 0.717) is 11.8 Å². The minimum absolute atomic E-state index is 0. The number of aryl methyl sites for hydroxylation is 1. The van der Waals surface area contributed by atoms with Gasteiger partial charge < -0.3 is 47.7 Å². The van der Waals surface area contributed by atoms with Crippen molar-refractivity contribution in [3.63, 3.8) is 0 Å². The van der Waals surface area contributed by atoms with Crippen molar-refractivity contribution in [2.75, 3.05) is 0 Å². The summed E-state index contributed by atoms with van der Waals surface area (Å²) in [6.45, 7) is 1.79. The first kappa shape index (κ1) is 17.6. The third-order valence-electron chi connectivity index (χ3n) is 1.39. The van der Waals surface area contributed by atoms with Crippen LogP contribution >= 0.6 is 0 Å². The van der Waals surface area contributed by atoms with Crippen molar-refractivity contribution < 1.29 is 34.8 Å². The number of nitrogens with one attached hydrogen (secondary N) is 2.